The van der Waals surface area contributed by atoms with Gasteiger partial charge in [0.25, 0.3) is 5.69 Å². The van der Waals surface area contributed by atoms with Gasteiger partial charge in [-0.2, -0.15) is 0 Å². The van der Waals surface area contributed by atoms with E-state index in [1.807, 2.05) is 0 Å². The van der Waals surface area contributed by atoms with Gasteiger partial charge in [0.2, 0.25) is 29.5 Å². The molecule has 0 saturated heterocycles. The summed E-state index contributed by atoms with van der Waals surface area (Å²) in [7, 11) is 0. The van der Waals surface area contributed by atoms with Gasteiger partial charge in [0.15, 0.2) is 11.5 Å². The van der Waals surface area contributed by atoms with Crippen molar-refractivity contribution in [3.05, 3.63) is 75.8 Å². The van der Waals surface area contributed by atoms with Gasteiger partial charge in [-0.25, -0.2) is 9.59 Å². The summed E-state index contributed by atoms with van der Waals surface area (Å²) in [6, 6.07) is 9.19. The number of hydrogen-bond acceptors (Lipinski definition) is 16. The largest absolute Gasteiger partial charge is 0.514 e. The molecule has 64 heavy (non-hydrogen) atoms. The molecule has 0 heterocycles. The molecular formula is C40H50N8O16. The monoisotopic (exact) mass is 898 g/mol. The number of hydrogen-bond donors (Lipinski definition) is 10. The summed E-state index contributed by atoms with van der Waals surface area (Å²) in [5.74, 6) is -4.24. The number of carbonyl (C=O) groups excluding carboxylic acids is 7. The van der Waals surface area contributed by atoms with E-state index in [1.54, 1.807) is 12.1 Å². The second-order valence-electron chi connectivity index (χ2n) is 13.6. The molecule has 11 N–H and O–H groups in total. The van der Waals surface area contributed by atoms with Crippen molar-refractivity contribution in [2.45, 2.75) is 64.8 Å². The van der Waals surface area contributed by atoms with E-state index in [4.69, 9.17) is 24.7 Å². The van der Waals surface area contributed by atoms with Crippen molar-refractivity contribution in [3.63, 3.8) is 0 Å². The van der Waals surface area contributed by atoms with E-state index < -0.39 is 76.8 Å². The van der Waals surface area contributed by atoms with Gasteiger partial charge in [0.1, 0.15) is 42.5 Å². The number of nitro benzene ring substituents is 1. The Bertz CT molecular complexity index is 2120. The van der Waals surface area contributed by atoms with E-state index in [9.17, 15) is 59.0 Å². The van der Waals surface area contributed by atoms with Gasteiger partial charge in [-0.1, -0.05) is 12.1 Å². The van der Waals surface area contributed by atoms with Crippen molar-refractivity contribution in [2.75, 3.05) is 43.5 Å². The van der Waals surface area contributed by atoms with Gasteiger partial charge in [0.05, 0.1) is 24.7 Å². The zero-order chi connectivity index (χ0) is 47.2. The fourth-order valence-corrected chi connectivity index (χ4v) is 5.39. The van der Waals surface area contributed by atoms with Gasteiger partial charge in [-0.05, 0) is 55.7 Å². The molecule has 0 spiro atoms. The van der Waals surface area contributed by atoms with Crippen LogP contribution in [0.3, 0.4) is 0 Å². The van der Waals surface area contributed by atoms with Crippen LogP contribution in [0.1, 0.15) is 50.7 Å². The molecule has 24 nitrogen and oxygen atoms in total. The van der Waals surface area contributed by atoms with Crippen LogP contribution in [-0.2, 0) is 46.7 Å². The number of aliphatic hydroxyl groups is 1. The van der Waals surface area contributed by atoms with Crippen LogP contribution in [0.5, 0.6) is 23.0 Å². The van der Waals surface area contributed by atoms with Crippen molar-refractivity contribution >= 4 is 58.8 Å². The number of urea groups is 1. The summed E-state index contributed by atoms with van der Waals surface area (Å²) < 4.78 is 21.0. The first-order chi connectivity index (χ1) is 30.5. The Kier molecular flexibility index (Phi) is 20.5. The number of rotatable bonds is 25. The van der Waals surface area contributed by atoms with E-state index in [0.717, 1.165) is 0 Å². The maximum atomic E-state index is 13.3. The molecule has 0 aromatic heterocycles. The third-order valence-corrected chi connectivity index (χ3v) is 8.62. The average Bonchev–Trinajstić information content (AvgIpc) is 3.25. The molecule has 24 heteroatoms. The van der Waals surface area contributed by atoms with Crippen LogP contribution in [0.15, 0.2) is 54.6 Å². The molecule has 3 rings (SSSR count). The van der Waals surface area contributed by atoms with Crippen LogP contribution >= 0.6 is 0 Å². The number of amides is 7. The van der Waals surface area contributed by atoms with Crippen LogP contribution < -0.4 is 47.1 Å². The lowest BCUT2D eigenvalue weighted by atomic mass is 10.1. The fourth-order valence-electron chi connectivity index (χ4n) is 5.39. The number of ether oxygens (including phenoxy) is 4. The Balaban J connectivity index is 1.40. The van der Waals surface area contributed by atoms with Crippen LogP contribution in [0, 0.1) is 10.1 Å². The smallest absolute Gasteiger partial charge is 0.504 e. The highest BCUT2D eigenvalue weighted by Crippen LogP contribution is 2.43. The maximum Gasteiger partial charge on any atom is 0.514 e. The minimum Gasteiger partial charge on any atom is -0.504 e. The lowest BCUT2D eigenvalue weighted by molar-refractivity contribution is -0.384. The molecule has 0 aliphatic rings. The summed E-state index contributed by atoms with van der Waals surface area (Å²) in [4.78, 5) is 96.2. The third-order valence-electron chi connectivity index (χ3n) is 8.62. The topological polar surface area (TPSA) is 358 Å². The highest BCUT2D eigenvalue weighted by atomic mass is 16.7. The molecule has 0 aliphatic heterocycles. The molecule has 0 fully saturated rings. The molecule has 3 aromatic carbocycles. The maximum absolute atomic E-state index is 13.3. The Morgan fingerprint density at radius 2 is 1.52 bits per heavy atom. The number of phenols is 2. The number of nitrogens with zero attached hydrogens (tertiary/aromatic N) is 1. The zero-order valence-corrected chi connectivity index (χ0v) is 34.8. The average molecular weight is 899 g/mol. The van der Waals surface area contributed by atoms with Gasteiger partial charge < -0.3 is 71.9 Å². The SMILES string of the molecule is CC(=O)Nc1c(OCCOCCNC(=O)CCC(=O)NC(C)C(=O)NC(CCCNC(N)=O)C(=O)Nc2ccc(COC(=O)Oc3ccc([N+](=O)[O-])cc3)cc2)cc(CO)c(O)c1O. The molecule has 346 valence electrons. The Labute approximate surface area is 365 Å². The summed E-state index contributed by atoms with van der Waals surface area (Å²) in [6.45, 7) is 1.95. The van der Waals surface area contributed by atoms with Crippen LogP contribution in [0.25, 0.3) is 0 Å². The molecule has 0 radical (unpaired) electrons. The molecule has 0 aliphatic carbocycles. The third kappa shape index (κ3) is 17.7. The van der Waals surface area contributed by atoms with E-state index >= 15 is 0 Å². The zero-order valence-electron chi connectivity index (χ0n) is 34.8. The molecule has 2 unspecified atom stereocenters. The van der Waals surface area contributed by atoms with Crippen LogP contribution in [0.4, 0.5) is 26.7 Å². The molecule has 0 bridgehead atoms. The number of benzene rings is 3. The minimum absolute atomic E-state index is 0.0157. The minimum atomic E-state index is -1.13. The summed E-state index contributed by atoms with van der Waals surface area (Å²) >= 11 is 0. The fraction of sp³-hybridized carbons (Fsp3) is 0.375. The lowest BCUT2D eigenvalue weighted by Crippen LogP contribution is -2.51. The van der Waals surface area contributed by atoms with Crippen molar-refractivity contribution in [3.8, 4) is 23.0 Å². The van der Waals surface area contributed by atoms with Gasteiger partial charge in [-0.15, -0.1) is 0 Å². The van der Waals surface area contributed by atoms with E-state index in [1.165, 1.54) is 56.3 Å². The number of phenolic OH excluding ortho intramolecular Hbond substituents is 1. The Hall–Kier alpha value is -7.73. The Morgan fingerprint density at radius 3 is 2.16 bits per heavy atom. The quantitative estimate of drug-likeness (QED) is 0.0144. The predicted octanol–water partition coefficient (Wildman–Crippen LogP) is 1.54. The number of aliphatic hydroxyl groups excluding tert-OH is 1. The second kappa shape index (κ2) is 25.9. The number of nitrogens with two attached hydrogens (primary N) is 1. The first kappa shape index (κ1) is 50.6. The molecular weight excluding hydrogens is 848 g/mol. The first-order valence-corrected chi connectivity index (χ1v) is 19.5. The van der Waals surface area contributed by atoms with Crippen molar-refractivity contribution in [1.82, 2.24) is 21.3 Å². The highest BCUT2D eigenvalue weighted by Gasteiger charge is 2.25. The number of primary amides is 1. The summed E-state index contributed by atoms with van der Waals surface area (Å²) in [6.07, 6.45) is -1.24. The second-order valence-corrected chi connectivity index (χ2v) is 13.6. The predicted molar refractivity (Wildman–Crippen MR) is 224 cm³/mol. The molecule has 7 amide bonds. The highest BCUT2D eigenvalue weighted by molar-refractivity contribution is 5.98. The molecule has 2 atom stereocenters. The van der Waals surface area contributed by atoms with E-state index in [0.29, 0.717) is 11.3 Å². The number of carbonyl (C=O) groups is 7. The van der Waals surface area contributed by atoms with Gasteiger partial charge in [0, 0.05) is 56.2 Å². The number of aromatic hydroxyl groups is 2. The lowest BCUT2D eigenvalue weighted by Gasteiger charge is -2.21. The van der Waals surface area contributed by atoms with Crippen LogP contribution in [0.2, 0.25) is 0 Å². The molecule has 0 saturated carbocycles. The van der Waals surface area contributed by atoms with E-state index in [-0.39, 0.29) is 93.6 Å². The van der Waals surface area contributed by atoms with E-state index in [2.05, 4.69) is 31.9 Å². The summed E-state index contributed by atoms with van der Waals surface area (Å²) in [5, 5.41) is 55.4. The Morgan fingerprint density at radius 1 is 0.828 bits per heavy atom. The standard InChI is InChI=1S/C40H50N8O16/c1-23(44-33(52)14-13-32(51)42-16-17-61-18-19-62-31-20-26(21-49)35(53)36(54)34(31)45-24(2)50)37(55)47-30(4-3-15-43-39(41)57)38(56)46-27-7-5-25(6-8-27)22-63-40(58)64-29-11-9-28(10-12-29)48(59)60/h5-12,20,23,30,49,53-54H,3-4,13-19,21-22H2,1-2H3,(H,42,51)(H,44,52)(H,45,50)(H,46,56)(H,47,55)(H3,41,43,57). The normalized spacial score (nSPS) is 11.5. The number of anilines is 2. The first-order valence-electron chi connectivity index (χ1n) is 19.5. The summed E-state index contributed by atoms with van der Waals surface area (Å²) in [5.41, 5.74) is 5.55. The molecule has 3 aromatic rings. The van der Waals surface area contributed by atoms with Gasteiger partial charge in [-0.3, -0.25) is 34.1 Å². The van der Waals surface area contributed by atoms with Crippen LogP contribution in [-0.4, -0.2) is 107 Å². The van der Waals surface area contributed by atoms with Crippen molar-refractivity contribution in [1.29, 1.82) is 0 Å². The number of nitrogens with one attached hydrogen (secondary N) is 6. The number of nitro groups is 1. The number of non-ortho nitro benzene ring substituents is 1. The van der Waals surface area contributed by atoms with Gasteiger partial charge >= 0.3 is 12.2 Å². The van der Waals surface area contributed by atoms with Crippen molar-refractivity contribution in [2.24, 2.45) is 5.73 Å². The van der Waals surface area contributed by atoms with Crippen molar-refractivity contribution < 1.29 is 72.8 Å².